The van der Waals surface area contributed by atoms with Crippen molar-refractivity contribution in [2.75, 3.05) is 23.5 Å². The lowest BCUT2D eigenvalue weighted by atomic mass is 10.0. The summed E-state index contributed by atoms with van der Waals surface area (Å²) in [5, 5.41) is 3.44. The van der Waals surface area contributed by atoms with Crippen molar-refractivity contribution in [1.82, 2.24) is 9.97 Å². The third kappa shape index (κ3) is 4.24. The minimum Gasteiger partial charge on any atom is -0.369 e. The molecule has 1 aromatic rings. The molecular formula is C14H27N5S. The predicted molar refractivity (Wildman–Crippen MR) is 89.2 cm³/mol. The number of nitrogens with two attached hydrogens (primary N) is 1. The highest BCUT2D eigenvalue weighted by molar-refractivity contribution is 8.00. The van der Waals surface area contributed by atoms with Crippen molar-refractivity contribution in [2.45, 2.75) is 51.2 Å². The number of thioether (sulfide) groups is 1. The molecule has 0 aromatic carbocycles. The highest BCUT2D eigenvalue weighted by atomic mass is 32.2. The van der Waals surface area contributed by atoms with Crippen LogP contribution in [0.2, 0.25) is 0 Å². The molecule has 0 saturated heterocycles. The van der Waals surface area contributed by atoms with Gasteiger partial charge in [-0.3, -0.25) is 0 Å². The van der Waals surface area contributed by atoms with Gasteiger partial charge >= 0.3 is 0 Å². The Bertz CT molecular complexity index is 410. The van der Waals surface area contributed by atoms with Crippen LogP contribution in [0.4, 0.5) is 11.6 Å². The van der Waals surface area contributed by atoms with E-state index in [9.17, 15) is 0 Å². The predicted octanol–water partition coefficient (Wildman–Crippen LogP) is 3.22. The van der Waals surface area contributed by atoms with Gasteiger partial charge in [-0.05, 0) is 19.1 Å². The molecule has 4 N–H and O–H groups in total. The average Bonchev–Trinajstić information content (AvgIpc) is 2.48. The quantitative estimate of drug-likeness (QED) is 0.505. The van der Waals surface area contributed by atoms with Gasteiger partial charge in [0.05, 0.1) is 0 Å². The summed E-state index contributed by atoms with van der Waals surface area (Å²) in [5.74, 6) is 8.02. The van der Waals surface area contributed by atoms with Crippen molar-refractivity contribution >= 4 is 23.4 Å². The fourth-order valence-electron chi connectivity index (χ4n) is 2.00. The highest BCUT2D eigenvalue weighted by Gasteiger charge is 2.24. The zero-order valence-corrected chi connectivity index (χ0v) is 14.0. The first-order valence-electron chi connectivity index (χ1n) is 7.14. The second kappa shape index (κ2) is 7.69. The first-order valence-corrected chi connectivity index (χ1v) is 8.37. The number of nitrogens with zero attached hydrogens (tertiary/aromatic N) is 2. The summed E-state index contributed by atoms with van der Waals surface area (Å²) in [5.41, 5.74) is 2.61. The maximum atomic E-state index is 5.48. The Balaban J connectivity index is 2.89. The van der Waals surface area contributed by atoms with Crippen LogP contribution in [0.5, 0.6) is 0 Å². The van der Waals surface area contributed by atoms with Crippen LogP contribution < -0.4 is 16.6 Å². The molecule has 20 heavy (non-hydrogen) atoms. The molecule has 0 unspecified atom stereocenters. The molecule has 0 aliphatic carbocycles. The van der Waals surface area contributed by atoms with E-state index < -0.39 is 0 Å². The number of hydrogen-bond donors (Lipinski definition) is 3. The van der Waals surface area contributed by atoms with Gasteiger partial charge in [0.15, 0.2) is 0 Å². The van der Waals surface area contributed by atoms with Crippen LogP contribution >= 0.6 is 11.8 Å². The summed E-state index contributed by atoms with van der Waals surface area (Å²) in [6, 6.07) is 1.85. The van der Waals surface area contributed by atoms with Crippen LogP contribution in [0, 0.1) is 0 Å². The second-order valence-corrected chi connectivity index (χ2v) is 6.52. The summed E-state index contributed by atoms with van der Waals surface area (Å²) in [4.78, 5) is 8.92. The van der Waals surface area contributed by atoms with Gasteiger partial charge in [-0.25, -0.2) is 15.8 Å². The Morgan fingerprint density at radius 1 is 1.25 bits per heavy atom. The third-order valence-electron chi connectivity index (χ3n) is 3.72. The lowest BCUT2D eigenvalue weighted by Gasteiger charge is -2.30. The van der Waals surface area contributed by atoms with Crippen LogP contribution in [0.1, 0.15) is 52.3 Å². The minimum absolute atomic E-state index is 0.249. The number of rotatable bonds is 8. The number of hydrazine groups is 1. The Kier molecular flexibility index (Phi) is 6.55. The van der Waals surface area contributed by atoms with Gasteiger partial charge in [0, 0.05) is 23.3 Å². The van der Waals surface area contributed by atoms with Gasteiger partial charge in [-0.2, -0.15) is 11.8 Å². The average molecular weight is 297 g/mol. The van der Waals surface area contributed by atoms with E-state index >= 15 is 0 Å². The van der Waals surface area contributed by atoms with Crippen LogP contribution in [-0.2, 0) is 0 Å². The van der Waals surface area contributed by atoms with Crippen molar-refractivity contribution in [3.8, 4) is 0 Å². The summed E-state index contributed by atoms with van der Waals surface area (Å²) in [6.07, 6.45) is 4.42. The van der Waals surface area contributed by atoms with E-state index in [4.69, 9.17) is 5.84 Å². The summed E-state index contributed by atoms with van der Waals surface area (Å²) in [7, 11) is 0. The van der Waals surface area contributed by atoms with Crippen LogP contribution in [-0.4, -0.2) is 27.5 Å². The van der Waals surface area contributed by atoms with E-state index in [1.54, 1.807) is 0 Å². The fourth-order valence-corrected chi connectivity index (χ4v) is 2.79. The summed E-state index contributed by atoms with van der Waals surface area (Å²) >= 11 is 1.91. The number of nitrogens with one attached hydrogen (secondary N) is 2. The maximum Gasteiger partial charge on any atom is 0.145 e. The van der Waals surface area contributed by atoms with E-state index in [2.05, 4.69) is 54.7 Å². The Labute approximate surface area is 126 Å². The monoisotopic (exact) mass is 297 g/mol. The van der Waals surface area contributed by atoms with E-state index in [-0.39, 0.29) is 10.7 Å². The summed E-state index contributed by atoms with van der Waals surface area (Å²) in [6.45, 7) is 9.50. The van der Waals surface area contributed by atoms with Crippen molar-refractivity contribution in [3.63, 3.8) is 0 Å². The molecule has 0 spiro atoms. The van der Waals surface area contributed by atoms with Crippen molar-refractivity contribution in [3.05, 3.63) is 11.9 Å². The normalized spacial score (nSPS) is 11.8. The molecule has 0 saturated carbocycles. The van der Waals surface area contributed by atoms with Gasteiger partial charge in [-0.1, -0.05) is 27.7 Å². The van der Waals surface area contributed by atoms with Gasteiger partial charge in [0.1, 0.15) is 17.5 Å². The number of aromatic nitrogens is 2. The molecule has 0 amide bonds. The zero-order chi connectivity index (χ0) is 15.2. The first-order chi connectivity index (χ1) is 9.50. The fraction of sp³-hybridized carbons (Fsp3) is 0.714. The van der Waals surface area contributed by atoms with Crippen LogP contribution in [0.25, 0.3) is 0 Å². The van der Waals surface area contributed by atoms with Gasteiger partial charge in [-0.15, -0.1) is 0 Å². The maximum absolute atomic E-state index is 5.48. The molecular weight excluding hydrogens is 270 g/mol. The molecule has 5 nitrogen and oxygen atoms in total. The smallest absolute Gasteiger partial charge is 0.145 e. The first kappa shape index (κ1) is 17.0. The van der Waals surface area contributed by atoms with E-state index in [1.807, 2.05) is 17.8 Å². The van der Waals surface area contributed by atoms with E-state index in [0.717, 1.165) is 31.0 Å². The molecule has 0 radical (unpaired) electrons. The highest BCUT2D eigenvalue weighted by Crippen LogP contribution is 2.30. The van der Waals surface area contributed by atoms with Crippen LogP contribution in [0.3, 0.4) is 0 Å². The lowest BCUT2D eigenvalue weighted by Crippen LogP contribution is -2.32. The molecule has 1 heterocycles. The lowest BCUT2D eigenvalue weighted by molar-refractivity contribution is 0.573. The summed E-state index contributed by atoms with van der Waals surface area (Å²) < 4.78 is 0.249. The third-order valence-corrected chi connectivity index (χ3v) is 5.31. The standard InChI is InChI=1S/C14H27N5S/c1-6-14(7-2,20-5)9-16-11-8-12(19-15)18-13(17-11)10(3)4/h8,10H,6-7,9,15H2,1-5H3,(H2,16,17,18,19). The van der Waals surface area contributed by atoms with E-state index in [1.165, 1.54) is 0 Å². The Hall–Kier alpha value is -1.01. The van der Waals surface area contributed by atoms with Gasteiger partial charge in [0.2, 0.25) is 0 Å². The van der Waals surface area contributed by atoms with Gasteiger partial charge in [0.25, 0.3) is 0 Å². The number of anilines is 2. The molecule has 1 rings (SSSR count). The Morgan fingerprint density at radius 2 is 1.85 bits per heavy atom. The second-order valence-electron chi connectivity index (χ2n) is 5.24. The Morgan fingerprint density at radius 3 is 2.30 bits per heavy atom. The molecule has 0 atom stereocenters. The molecule has 1 aromatic heterocycles. The molecule has 0 bridgehead atoms. The minimum atomic E-state index is 0.249. The van der Waals surface area contributed by atoms with Crippen LogP contribution in [0.15, 0.2) is 6.07 Å². The molecule has 6 heteroatoms. The van der Waals surface area contributed by atoms with Crippen molar-refractivity contribution < 1.29 is 0 Å². The largest absolute Gasteiger partial charge is 0.369 e. The zero-order valence-electron chi connectivity index (χ0n) is 13.2. The number of hydrogen-bond acceptors (Lipinski definition) is 6. The SMILES string of the molecule is CCC(CC)(CNc1cc(NN)nc(C(C)C)n1)SC. The van der Waals surface area contributed by atoms with Gasteiger partial charge < -0.3 is 10.7 Å². The van der Waals surface area contributed by atoms with E-state index in [0.29, 0.717) is 5.82 Å². The van der Waals surface area contributed by atoms with Crippen molar-refractivity contribution in [1.29, 1.82) is 0 Å². The molecule has 0 aliphatic heterocycles. The number of nitrogen functional groups attached to an aromatic ring is 1. The topological polar surface area (TPSA) is 75.9 Å². The molecule has 0 aliphatic rings. The molecule has 114 valence electrons. The molecule has 0 fully saturated rings. The van der Waals surface area contributed by atoms with Crippen molar-refractivity contribution in [2.24, 2.45) is 5.84 Å².